The summed E-state index contributed by atoms with van der Waals surface area (Å²) in [4.78, 5) is 0. The van der Waals surface area contributed by atoms with Crippen LogP contribution >= 0.6 is 15.9 Å². The van der Waals surface area contributed by atoms with Gasteiger partial charge in [0.2, 0.25) is 0 Å². The zero-order valence-corrected chi connectivity index (χ0v) is 12.5. The summed E-state index contributed by atoms with van der Waals surface area (Å²) in [5, 5.41) is 3.11. The molecule has 0 amide bonds. The molecule has 5 heteroatoms. The Morgan fingerprint density at radius 1 is 1.41 bits per heavy atom. The highest BCUT2D eigenvalue weighted by atomic mass is 79.9. The number of benzene rings is 1. The lowest BCUT2D eigenvalue weighted by Gasteiger charge is -2.16. The SMILES string of the molecule is CNCC(CCS(C)(=O)=O)c1cccc(Br)c1. The first-order chi connectivity index (χ1) is 7.92. The Hall–Kier alpha value is -0.390. The van der Waals surface area contributed by atoms with Gasteiger partial charge in [-0.25, -0.2) is 8.42 Å². The van der Waals surface area contributed by atoms with E-state index in [4.69, 9.17) is 0 Å². The van der Waals surface area contributed by atoms with Crippen LogP contribution in [0.1, 0.15) is 17.9 Å². The Bertz CT molecular complexity index is 459. The lowest BCUT2D eigenvalue weighted by molar-refractivity contribution is 0.578. The van der Waals surface area contributed by atoms with Gasteiger partial charge in [0.15, 0.2) is 0 Å². The number of nitrogens with one attached hydrogen (secondary N) is 1. The fourth-order valence-corrected chi connectivity index (χ4v) is 2.88. The van der Waals surface area contributed by atoms with Crippen molar-refractivity contribution in [2.75, 3.05) is 25.6 Å². The Morgan fingerprint density at radius 2 is 2.12 bits per heavy atom. The molecule has 0 aliphatic heterocycles. The third kappa shape index (κ3) is 5.66. The highest BCUT2D eigenvalue weighted by Crippen LogP contribution is 2.22. The van der Waals surface area contributed by atoms with Crippen LogP contribution in [-0.2, 0) is 9.84 Å². The van der Waals surface area contributed by atoms with Gasteiger partial charge in [-0.1, -0.05) is 28.1 Å². The number of hydrogen-bond donors (Lipinski definition) is 1. The molecule has 0 bridgehead atoms. The van der Waals surface area contributed by atoms with Crippen molar-refractivity contribution in [3.8, 4) is 0 Å². The van der Waals surface area contributed by atoms with E-state index in [0.717, 1.165) is 16.6 Å². The molecule has 0 spiro atoms. The van der Waals surface area contributed by atoms with Crippen molar-refractivity contribution >= 4 is 25.8 Å². The maximum absolute atomic E-state index is 11.2. The van der Waals surface area contributed by atoms with E-state index < -0.39 is 9.84 Å². The number of halogens is 1. The quantitative estimate of drug-likeness (QED) is 0.874. The monoisotopic (exact) mass is 319 g/mol. The van der Waals surface area contributed by atoms with E-state index in [9.17, 15) is 8.42 Å². The van der Waals surface area contributed by atoms with Gasteiger partial charge < -0.3 is 5.32 Å². The van der Waals surface area contributed by atoms with Gasteiger partial charge >= 0.3 is 0 Å². The molecule has 0 heterocycles. The normalized spacial score (nSPS) is 13.6. The van der Waals surface area contributed by atoms with E-state index in [0.29, 0.717) is 6.42 Å². The summed E-state index contributed by atoms with van der Waals surface area (Å²) in [6, 6.07) is 8.03. The fraction of sp³-hybridized carbons (Fsp3) is 0.500. The van der Waals surface area contributed by atoms with Gasteiger partial charge in [-0.15, -0.1) is 0 Å². The molecule has 1 aromatic rings. The van der Waals surface area contributed by atoms with E-state index in [1.54, 1.807) is 0 Å². The van der Waals surface area contributed by atoms with Crippen molar-refractivity contribution in [1.82, 2.24) is 5.32 Å². The molecule has 0 aliphatic rings. The topological polar surface area (TPSA) is 46.2 Å². The molecule has 17 heavy (non-hydrogen) atoms. The molecule has 96 valence electrons. The number of hydrogen-bond acceptors (Lipinski definition) is 3. The minimum Gasteiger partial charge on any atom is -0.319 e. The van der Waals surface area contributed by atoms with Crippen LogP contribution < -0.4 is 5.32 Å². The van der Waals surface area contributed by atoms with Crippen LogP contribution in [0.5, 0.6) is 0 Å². The zero-order chi connectivity index (χ0) is 12.9. The van der Waals surface area contributed by atoms with Gasteiger partial charge in [-0.3, -0.25) is 0 Å². The van der Waals surface area contributed by atoms with Crippen LogP contribution in [0.15, 0.2) is 28.7 Å². The van der Waals surface area contributed by atoms with Gasteiger partial charge in [-0.2, -0.15) is 0 Å². The first-order valence-corrected chi connectivity index (χ1v) is 8.35. The van der Waals surface area contributed by atoms with Crippen LogP contribution in [0.4, 0.5) is 0 Å². The Labute approximate surface area is 112 Å². The second-order valence-electron chi connectivity index (χ2n) is 4.23. The molecule has 0 aromatic heterocycles. The third-order valence-corrected chi connectivity index (χ3v) is 4.08. The molecule has 0 saturated carbocycles. The van der Waals surface area contributed by atoms with Crippen molar-refractivity contribution in [3.63, 3.8) is 0 Å². The molecule has 0 aliphatic carbocycles. The summed E-state index contributed by atoms with van der Waals surface area (Å²) in [7, 11) is -1.01. The summed E-state index contributed by atoms with van der Waals surface area (Å²) in [5.74, 6) is 0.457. The van der Waals surface area contributed by atoms with E-state index in [2.05, 4.69) is 21.2 Å². The molecule has 1 unspecified atom stereocenters. The highest BCUT2D eigenvalue weighted by molar-refractivity contribution is 9.10. The number of sulfone groups is 1. The van der Waals surface area contributed by atoms with E-state index in [1.165, 1.54) is 6.26 Å². The van der Waals surface area contributed by atoms with Gasteiger partial charge in [-0.05, 0) is 37.1 Å². The molecule has 0 radical (unpaired) electrons. The standard InChI is InChI=1S/C12H18BrNO2S/c1-14-9-11(6-7-17(2,15)16)10-4-3-5-12(13)8-10/h3-5,8,11,14H,6-7,9H2,1-2H3. The maximum Gasteiger partial charge on any atom is 0.147 e. The van der Waals surface area contributed by atoms with Crippen molar-refractivity contribution in [3.05, 3.63) is 34.3 Å². The van der Waals surface area contributed by atoms with Crippen molar-refractivity contribution in [1.29, 1.82) is 0 Å². The first-order valence-electron chi connectivity index (χ1n) is 5.50. The van der Waals surface area contributed by atoms with Crippen LogP contribution in [0.3, 0.4) is 0 Å². The second kappa shape index (κ2) is 6.52. The fourth-order valence-electron chi connectivity index (χ4n) is 1.75. The summed E-state index contributed by atoms with van der Waals surface area (Å²) in [6.07, 6.45) is 1.93. The van der Waals surface area contributed by atoms with Gasteiger partial charge in [0.25, 0.3) is 0 Å². The van der Waals surface area contributed by atoms with Crippen LogP contribution in [0.25, 0.3) is 0 Å². The minimum absolute atomic E-state index is 0.228. The molecule has 1 aromatic carbocycles. The van der Waals surface area contributed by atoms with Gasteiger partial charge in [0, 0.05) is 17.3 Å². The van der Waals surface area contributed by atoms with E-state index in [1.807, 2.05) is 31.3 Å². The average molecular weight is 320 g/mol. The summed E-state index contributed by atoms with van der Waals surface area (Å²) in [5.41, 5.74) is 1.16. The molecular weight excluding hydrogens is 302 g/mol. The third-order valence-electron chi connectivity index (χ3n) is 2.61. The molecular formula is C12H18BrNO2S. The minimum atomic E-state index is -2.90. The average Bonchev–Trinajstić information content (AvgIpc) is 2.23. The summed E-state index contributed by atoms with van der Waals surface area (Å²) >= 11 is 3.43. The highest BCUT2D eigenvalue weighted by Gasteiger charge is 2.14. The maximum atomic E-state index is 11.2. The largest absolute Gasteiger partial charge is 0.319 e. The number of likely N-dealkylation sites (N-methyl/N-ethyl adjacent to an activating group) is 1. The molecule has 0 saturated heterocycles. The summed E-state index contributed by atoms with van der Waals surface area (Å²) in [6.45, 7) is 0.784. The Kier molecular flexibility index (Phi) is 5.62. The Balaban J connectivity index is 2.78. The smallest absolute Gasteiger partial charge is 0.147 e. The van der Waals surface area contributed by atoms with Gasteiger partial charge in [0.05, 0.1) is 5.75 Å². The lowest BCUT2D eigenvalue weighted by Crippen LogP contribution is -2.20. The Morgan fingerprint density at radius 3 is 2.65 bits per heavy atom. The molecule has 1 N–H and O–H groups in total. The van der Waals surface area contributed by atoms with E-state index >= 15 is 0 Å². The van der Waals surface area contributed by atoms with E-state index in [-0.39, 0.29) is 11.7 Å². The van der Waals surface area contributed by atoms with Crippen LogP contribution in [-0.4, -0.2) is 34.0 Å². The predicted molar refractivity (Wildman–Crippen MR) is 75.1 cm³/mol. The predicted octanol–water partition coefficient (Wildman–Crippen LogP) is 2.19. The van der Waals surface area contributed by atoms with Gasteiger partial charge in [0.1, 0.15) is 9.84 Å². The summed E-state index contributed by atoms with van der Waals surface area (Å²) < 4.78 is 23.4. The number of rotatable bonds is 6. The van der Waals surface area contributed by atoms with Crippen molar-refractivity contribution < 1.29 is 8.42 Å². The zero-order valence-electron chi connectivity index (χ0n) is 10.1. The second-order valence-corrected chi connectivity index (χ2v) is 7.40. The molecule has 1 rings (SSSR count). The van der Waals surface area contributed by atoms with Crippen LogP contribution in [0.2, 0.25) is 0 Å². The molecule has 3 nitrogen and oxygen atoms in total. The molecule has 0 fully saturated rings. The van der Waals surface area contributed by atoms with Crippen molar-refractivity contribution in [2.24, 2.45) is 0 Å². The van der Waals surface area contributed by atoms with Crippen molar-refractivity contribution in [2.45, 2.75) is 12.3 Å². The van der Waals surface area contributed by atoms with Crippen LogP contribution in [0, 0.1) is 0 Å². The first kappa shape index (κ1) is 14.7. The molecule has 1 atom stereocenters. The lowest BCUT2D eigenvalue weighted by atomic mass is 9.96.